The smallest absolute Gasteiger partial charge is 0.0852 e. The first-order valence-corrected chi connectivity index (χ1v) is 3.64. The van der Waals surface area contributed by atoms with Gasteiger partial charge in [-0.2, -0.15) is 9.90 Å². The Morgan fingerprint density at radius 2 is 2.18 bits per heavy atom. The number of aromatic nitrogens is 3. The summed E-state index contributed by atoms with van der Waals surface area (Å²) < 4.78 is 1.84. The van der Waals surface area contributed by atoms with Gasteiger partial charge in [0, 0.05) is 12.7 Å². The average molecular weight is 173 g/mol. The van der Waals surface area contributed by atoms with Crippen LogP contribution in [-0.2, 0) is 6.54 Å². The third-order valence-electron chi connectivity index (χ3n) is 1.47. The van der Waals surface area contributed by atoms with E-state index in [1.807, 2.05) is 10.9 Å². The second kappa shape index (κ2) is 4.45. The minimum atomic E-state index is 0. The molecule has 0 radical (unpaired) electrons. The van der Waals surface area contributed by atoms with Crippen LogP contribution in [0.3, 0.4) is 0 Å². The standard InChI is InChI=1S/C7H13N3.H3P/c1-4-10-5-7(6(2)3)8-9-10;/h5-6H,4H2,1-3H3;1H3. The maximum absolute atomic E-state index is 4.00. The molecule has 1 rings (SSSR count). The van der Waals surface area contributed by atoms with Gasteiger partial charge in [-0.25, -0.2) is 0 Å². The maximum atomic E-state index is 4.00. The second-order valence-corrected chi connectivity index (χ2v) is 2.65. The Bertz CT molecular complexity index is 207. The molecule has 1 unspecified atom stereocenters. The summed E-state index contributed by atoms with van der Waals surface area (Å²) in [7, 11) is 0. The lowest BCUT2D eigenvalue weighted by molar-refractivity contribution is 0.626. The van der Waals surface area contributed by atoms with E-state index in [0.29, 0.717) is 5.92 Å². The quantitative estimate of drug-likeness (QED) is 0.634. The van der Waals surface area contributed by atoms with E-state index < -0.39 is 0 Å². The number of hydrogen-bond donors (Lipinski definition) is 0. The first-order chi connectivity index (χ1) is 4.74. The van der Waals surface area contributed by atoms with Crippen LogP contribution in [0.15, 0.2) is 6.20 Å². The molecule has 0 bridgehead atoms. The molecule has 0 N–H and O–H groups in total. The molecule has 0 fully saturated rings. The fourth-order valence-corrected chi connectivity index (χ4v) is 0.732. The summed E-state index contributed by atoms with van der Waals surface area (Å²) in [5.74, 6) is 0.486. The fraction of sp³-hybridized carbons (Fsp3) is 0.714. The van der Waals surface area contributed by atoms with Crippen molar-refractivity contribution in [3.05, 3.63) is 11.9 Å². The summed E-state index contributed by atoms with van der Waals surface area (Å²) in [4.78, 5) is 0. The van der Waals surface area contributed by atoms with Crippen LogP contribution in [0.4, 0.5) is 0 Å². The van der Waals surface area contributed by atoms with E-state index in [9.17, 15) is 0 Å². The Morgan fingerprint density at radius 1 is 1.55 bits per heavy atom. The van der Waals surface area contributed by atoms with E-state index in [-0.39, 0.29) is 9.90 Å². The minimum Gasteiger partial charge on any atom is -0.253 e. The highest BCUT2D eigenvalue weighted by Crippen LogP contribution is 2.08. The van der Waals surface area contributed by atoms with Gasteiger partial charge in [-0.3, -0.25) is 4.68 Å². The summed E-state index contributed by atoms with van der Waals surface area (Å²) >= 11 is 0. The fourth-order valence-electron chi connectivity index (χ4n) is 0.732. The molecule has 3 nitrogen and oxygen atoms in total. The van der Waals surface area contributed by atoms with E-state index in [1.165, 1.54) is 0 Å². The number of aryl methyl sites for hydroxylation is 1. The van der Waals surface area contributed by atoms with Gasteiger partial charge in [0.05, 0.1) is 5.69 Å². The number of nitrogens with zero attached hydrogens (tertiary/aromatic N) is 3. The summed E-state index contributed by atoms with van der Waals surface area (Å²) in [5, 5.41) is 7.92. The molecule has 0 aliphatic rings. The molecule has 0 aromatic carbocycles. The molecular weight excluding hydrogens is 157 g/mol. The van der Waals surface area contributed by atoms with E-state index >= 15 is 0 Å². The Kier molecular flexibility index (Phi) is 4.27. The molecule has 0 amide bonds. The first-order valence-electron chi connectivity index (χ1n) is 3.64. The van der Waals surface area contributed by atoms with Crippen molar-refractivity contribution in [1.29, 1.82) is 0 Å². The molecule has 0 saturated heterocycles. The van der Waals surface area contributed by atoms with Crippen molar-refractivity contribution in [2.75, 3.05) is 0 Å². The topological polar surface area (TPSA) is 30.7 Å². The predicted molar refractivity (Wildman–Crippen MR) is 50.9 cm³/mol. The van der Waals surface area contributed by atoms with Crippen LogP contribution >= 0.6 is 9.90 Å². The molecule has 0 spiro atoms. The summed E-state index contributed by atoms with van der Waals surface area (Å²) in [6.07, 6.45) is 1.99. The van der Waals surface area contributed by atoms with E-state index in [4.69, 9.17) is 0 Å². The van der Waals surface area contributed by atoms with Gasteiger partial charge in [0.15, 0.2) is 0 Å². The average Bonchev–Trinajstić information content (AvgIpc) is 2.34. The highest BCUT2D eigenvalue weighted by Gasteiger charge is 2.02. The summed E-state index contributed by atoms with van der Waals surface area (Å²) in [5.41, 5.74) is 1.07. The van der Waals surface area contributed by atoms with Gasteiger partial charge in [-0.1, -0.05) is 19.1 Å². The molecular formula is C7H16N3P. The third kappa shape index (κ3) is 2.58. The minimum absolute atomic E-state index is 0. The van der Waals surface area contributed by atoms with E-state index in [2.05, 4.69) is 31.1 Å². The highest BCUT2D eigenvalue weighted by molar-refractivity contribution is 6.92. The monoisotopic (exact) mass is 173 g/mol. The Morgan fingerprint density at radius 3 is 2.45 bits per heavy atom. The van der Waals surface area contributed by atoms with Crippen LogP contribution in [0.25, 0.3) is 0 Å². The zero-order valence-corrected chi connectivity index (χ0v) is 8.82. The van der Waals surface area contributed by atoms with Gasteiger partial charge >= 0.3 is 0 Å². The van der Waals surface area contributed by atoms with Gasteiger partial charge in [0.2, 0.25) is 0 Å². The van der Waals surface area contributed by atoms with Crippen LogP contribution in [0, 0.1) is 0 Å². The van der Waals surface area contributed by atoms with Crippen molar-refractivity contribution in [3.8, 4) is 0 Å². The third-order valence-corrected chi connectivity index (χ3v) is 1.47. The normalized spacial score (nSPS) is 9.82. The molecule has 1 atom stereocenters. The lowest BCUT2D eigenvalue weighted by atomic mass is 10.2. The Labute approximate surface area is 70.8 Å². The predicted octanol–water partition coefficient (Wildman–Crippen LogP) is 1.48. The maximum Gasteiger partial charge on any atom is 0.0852 e. The van der Waals surface area contributed by atoms with Gasteiger partial charge in [-0.15, -0.1) is 5.10 Å². The van der Waals surface area contributed by atoms with Gasteiger partial charge in [0.1, 0.15) is 0 Å². The summed E-state index contributed by atoms with van der Waals surface area (Å²) in [6.45, 7) is 7.19. The van der Waals surface area contributed by atoms with Crippen molar-refractivity contribution in [1.82, 2.24) is 15.0 Å². The van der Waals surface area contributed by atoms with Crippen LogP contribution in [0.5, 0.6) is 0 Å². The molecule has 0 aliphatic heterocycles. The van der Waals surface area contributed by atoms with E-state index in [0.717, 1.165) is 12.2 Å². The lowest BCUT2D eigenvalue weighted by Gasteiger charge is -1.94. The molecule has 0 aliphatic carbocycles. The van der Waals surface area contributed by atoms with Gasteiger partial charge in [-0.05, 0) is 12.8 Å². The molecule has 4 heteroatoms. The molecule has 0 saturated carbocycles. The van der Waals surface area contributed by atoms with E-state index in [1.54, 1.807) is 0 Å². The molecule has 11 heavy (non-hydrogen) atoms. The molecule has 1 aromatic rings. The zero-order chi connectivity index (χ0) is 7.56. The van der Waals surface area contributed by atoms with Gasteiger partial charge < -0.3 is 0 Å². The Hall–Kier alpha value is -0.430. The molecule has 1 heterocycles. The number of hydrogen-bond acceptors (Lipinski definition) is 2. The second-order valence-electron chi connectivity index (χ2n) is 2.65. The SMILES string of the molecule is CCn1cc(C(C)C)nn1.P. The zero-order valence-electron chi connectivity index (χ0n) is 7.41. The molecule has 1 aromatic heterocycles. The highest BCUT2D eigenvalue weighted by atomic mass is 31.0. The van der Waals surface area contributed by atoms with Crippen LogP contribution in [0.2, 0.25) is 0 Å². The number of rotatable bonds is 2. The Balaban J connectivity index is 0.000001000. The van der Waals surface area contributed by atoms with Crippen LogP contribution in [-0.4, -0.2) is 15.0 Å². The largest absolute Gasteiger partial charge is 0.253 e. The van der Waals surface area contributed by atoms with Crippen molar-refractivity contribution in [2.24, 2.45) is 0 Å². The first kappa shape index (κ1) is 10.6. The van der Waals surface area contributed by atoms with Crippen LogP contribution in [0.1, 0.15) is 32.4 Å². The van der Waals surface area contributed by atoms with Crippen molar-refractivity contribution in [3.63, 3.8) is 0 Å². The molecule has 64 valence electrons. The van der Waals surface area contributed by atoms with Gasteiger partial charge in [0.25, 0.3) is 0 Å². The summed E-state index contributed by atoms with van der Waals surface area (Å²) in [6, 6.07) is 0. The van der Waals surface area contributed by atoms with Crippen LogP contribution < -0.4 is 0 Å². The van der Waals surface area contributed by atoms with Crippen molar-refractivity contribution >= 4 is 9.90 Å². The van der Waals surface area contributed by atoms with Crippen molar-refractivity contribution in [2.45, 2.75) is 33.2 Å². The lowest BCUT2D eigenvalue weighted by Crippen LogP contribution is -1.93. The van der Waals surface area contributed by atoms with Crippen molar-refractivity contribution < 1.29 is 0 Å².